The fraction of sp³-hybridized carbons (Fsp3) is 0.353. The highest BCUT2D eigenvalue weighted by Crippen LogP contribution is 2.17. The number of halogens is 1. The van der Waals surface area contributed by atoms with E-state index in [1.165, 1.54) is 24.3 Å². The first-order valence-electron chi connectivity index (χ1n) is 7.40. The molecule has 2 rings (SSSR count). The van der Waals surface area contributed by atoms with E-state index in [4.69, 9.17) is 0 Å². The van der Waals surface area contributed by atoms with Crippen LogP contribution >= 0.6 is 0 Å². The molecule has 2 unspecified atom stereocenters. The van der Waals surface area contributed by atoms with Gasteiger partial charge in [-0.05, 0) is 43.2 Å². The van der Waals surface area contributed by atoms with E-state index in [-0.39, 0.29) is 11.7 Å². The summed E-state index contributed by atoms with van der Waals surface area (Å²) in [4.78, 5) is 11.9. The van der Waals surface area contributed by atoms with Crippen LogP contribution in [0.15, 0.2) is 48.8 Å². The zero-order valence-electron chi connectivity index (χ0n) is 12.6. The Balaban J connectivity index is 1.76. The number of aryl methyl sites for hydroxylation is 1. The largest absolute Gasteiger partial charge is 0.386 e. The van der Waals surface area contributed by atoms with Gasteiger partial charge in [0, 0.05) is 25.4 Å². The lowest BCUT2D eigenvalue weighted by molar-refractivity contribution is -0.122. The van der Waals surface area contributed by atoms with Crippen LogP contribution in [0, 0.1) is 5.82 Å². The highest BCUT2D eigenvalue weighted by atomic mass is 19.1. The summed E-state index contributed by atoms with van der Waals surface area (Å²) in [5, 5.41) is 12.9. The number of amides is 1. The van der Waals surface area contributed by atoms with Crippen LogP contribution in [0.25, 0.3) is 0 Å². The van der Waals surface area contributed by atoms with Crippen LogP contribution in [-0.4, -0.2) is 21.6 Å². The van der Waals surface area contributed by atoms with Gasteiger partial charge in [0.1, 0.15) is 5.82 Å². The van der Waals surface area contributed by atoms with E-state index in [1.54, 1.807) is 6.92 Å². The number of rotatable bonds is 7. The van der Waals surface area contributed by atoms with Gasteiger partial charge in [-0.3, -0.25) is 4.79 Å². The standard InChI is InChI=1S/C17H21FN2O2/c1-13(17(22)14-6-8-15(18)9-7-14)19-16(21)5-4-12-20-10-2-3-11-20/h2-3,6-11,13,17,22H,4-5,12H2,1H3,(H,19,21). The Kier molecular flexibility index (Phi) is 5.72. The number of carbonyl (C=O) groups excluding carboxylic acids is 1. The molecule has 0 saturated heterocycles. The van der Waals surface area contributed by atoms with E-state index in [0.717, 1.165) is 13.0 Å². The molecule has 0 saturated carbocycles. The first-order valence-corrected chi connectivity index (χ1v) is 7.40. The molecule has 22 heavy (non-hydrogen) atoms. The van der Waals surface area contributed by atoms with E-state index in [1.807, 2.05) is 29.1 Å². The zero-order valence-corrected chi connectivity index (χ0v) is 12.6. The first kappa shape index (κ1) is 16.2. The highest BCUT2D eigenvalue weighted by molar-refractivity contribution is 5.76. The molecule has 2 atom stereocenters. The average molecular weight is 304 g/mol. The minimum atomic E-state index is -0.853. The third-order valence-corrected chi connectivity index (χ3v) is 3.56. The van der Waals surface area contributed by atoms with Crippen LogP contribution in [0.4, 0.5) is 4.39 Å². The number of nitrogens with one attached hydrogen (secondary N) is 1. The minimum Gasteiger partial charge on any atom is -0.386 e. The Bertz CT molecular complexity index is 581. The molecule has 5 heteroatoms. The molecule has 0 aliphatic heterocycles. The summed E-state index contributed by atoms with van der Waals surface area (Å²) in [6, 6.07) is 9.10. The van der Waals surface area contributed by atoms with Gasteiger partial charge in [-0.25, -0.2) is 4.39 Å². The highest BCUT2D eigenvalue weighted by Gasteiger charge is 2.18. The molecule has 1 aromatic heterocycles. The third kappa shape index (κ3) is 4.70. The molecule has 0 aliphatic rings. The third-order valence-electron chi connectivity index (χ3n) is 3.56. The summed E-state index contributed by atoms with van der Waals surface area (Å²) in [5.74, 6) is -0.446. The maximum absolute atomic E-state index is 12.9. The second kappa shape index (κ2) is 7.75. The monoisotopic (exact) mass is 304 g/mol. The number of aliphatic hydroxyl groups is 1. The van der Waals surface area contributed by atoms with E-state index in [2.05, 4.69) is 5.32 Å². The maximum atomic E-state index is 12.9. The SMILES string of the molecule is CC(NC(=O)CCCn1cccc1)C(O)c1ccc(F)cc1. The van der Waals surface area contributed by atoms with E-state index < -0.39 is 12.1 Å². The molecule has 1 aromatic carbocycles. The summed E-state index contributed by atoms with van der Waals surface area (Å²) in [5.41, 5.74) is 0.585. The average Bonchev–Trinajstić information content (AvgIpc) is 3.00. The summed E-state index contributed by atoms with van der Waals surface area (Å²) < 4.78 is 14.9. The number of nitrogens with zero attached hydrogens (tertiary/aromatic N) is 1. The molecular weight excluding hydrogens is 283 g/mol. The molecule has 0 aliphatic carbocycles. The van der Waals surface area contributed by atoms with Crippen LogP contribution in [0.3, 0.4) is 0 Å². The van der Waals surface area contributed by atoms with Gasteiger partial charge in [0.2, 0.25) is 5.91 Å². The molecule has 0 spiro atoms. The van der Waals surface area contributed by atoms with Gasteiger partial charge in [0.05, 0.1) is 12.1 Å². The first-order chi connectivity index (χ1) is 10.6. The van der Waals surface area contributed by atoms with E-state index in [0.29, 0.717) is 12.0 Å². The molecule has 2 aromatic rings. The molecule has 0 bridgehead atoms. The zero-order chi connectivity index (χ0) is 15.9. The summed E-state index contributed by atoms with van der Waals surface area (Å²) in [6.45, 7) is 2.52. The van der Waals surface area contributed by atoms with Crippen LogP contribution in [0.1, 0.15) is 31.4 Å². The van der Waals surface area contributed by atoms with Gasteiger partial charge < -0.3 is 15.0 Å². The summed E-state index contributed by atoms with van der Waals surface area (Å²) in [7, 11) is 0. The summed E-state index contributed by atoms with van der Waals surface area (Å²) in [6.07, 6.45) is 4.20. The van der Waals surface area contributed by atoms with E-state index >= 15 is 0 Å². The van der Waals surface area contributed by atoms with Crippen molar-refractivity contribution in [3.8, 4) is 0 Å². The number of carbonyl (C=O) groups is 1. The molecular formula is C17H21FN2O2. The van der Waals surface area contributed by atoms with Gasteiger partial charge in [-0.1, -0.05) is 12.1 Å². The van der Waals surface area contributed by atoms with Crippen molar-refractivity contribution >= 4 is 5.91 Å². The number of benzene rings is 1. The molecule has 1 amide bonds. The van der Waals surface area contributed by atoms with E-state index in [9.17, 15) is 14.3 Å². The van der Waals surface area contributed by atoms with Gasteiger partial charge in [-0.15, -0.1) is 0 Å². The topological polar surface area (TPSA) is 54.3 Å². The van der Waals surface area contributed by atoms with Crippen LogP contribution in [0.2, 0.25) is 0 Å². The lowest BCUT2D eigenvalue weighted by atomic mass is 10.0. The fourth-order valence-electron chi connectivity index (χ4n) is 2.30. The van der Waals surface area contributed by atoms with Gasteiger partial charge in [-0.2, -0.15) is 0 Å². The fourth-order valence-corrected chi connectivity index (χ4v) is 2.30. The number of aromatic nitrogens is 1. The maximum Gasteiger partial charge on any atom is 0.220 e. The second-order valence-corrected chi connectivity index (χ2v) is 5.38. The van der Waals surface area contributed by atoms with Gasteiger partial charge in [0.25, 0.3) is 0 Å². The molecule has 0 fully saturated rings. The Hall–Kier alpha value is -2.14. The lowest BCUT2D eigenvalue weighted by Gasteiger charge is -2.20. The molecule has 2 N–H and O–H groups in total. The second-order valence-electron chi connectivity index (χ2n) is 5.38. The number of aliphatic hydroxyl groups excluding tert-OH is 1. The van der Waals surface area contributed by atoms with Gasteiger partial charge in [0.15, 0.2) is 0 Å². The van der Waals surface area contributed by atoms with Crippen molar-refractivity contribution in [3.63, 3.8) is 0 Å². The Morgan fingerprint density at radius 2 is 1.91 bits per heavy atom. The normalized spacial score (nSPS) is 13.6. The van der Waals surface area contributed by atoms with Crippen molar-refractivity contribution in [2.24, 2.45) is 0 Å². The molecule has 1 heterocycles. The summed E-state index contributed by atoms with van der Waals surface area (Å²) >= 11 is 0. The predicted molar refractivity (Wildman–Crippen MR) is 82.6 cm³/mol. The van der Waals surface area contributed by atoms with Crippen molar-refractivity contribution in [2.45, 2.75) is 38.5 Å². The van der Waals surface area contributed by atoms with Crippen LogP contribution in [-0.2, 0) is 11.3 Å². The Morgan fingerprint density at radius 3 is 2.55 bits per heavy atom. The van der Waals surface area contributed by atoms with Gasteiger partial charge >= 0.3 is 0 Å². The van der Waals surface area contributed by atoms with Crippen molar-refractivity contribution in [2.75, 3.05) is 0 Å². The Labute approximate surface area is 129 Å². The van der Waals surface area contributed by atoms with Crippen molar-refractivity contribution in [1.82, 2.24) is 9.88 Å². The van der Waals surface area contributed by atoms with Crippen molar-refractivity contribution in [1.29, 1.82) is 0 Å². The Morgan fingerprint density at radius 1 is 1.27 bits per heavy atom. The number of hydrogen-bond donors (Lipinski definition) is 2. The molecule has 0 radical (unpaired) electrons. The smallest absolute Gasteiger partial charge is 0.220 e. The van der Waals surface area contributed by atoms with Crippen molar-refractivity contribution < 1.29 is 14.3 Å². The van der Waals surface area contributed by atoms with Crippen molar-refractivity contribution in [3.05, 3.63) is 60.2 Å². The minimum absolute atomic E-state index is 0.0965. The van der Waals surface area contributed by atoms with Crippen LogP contribution in [0.5, 0.6) is 0 Å². The lowest BCUT2D eigenvalue weighted by Crippen LogP contribution is -2.37. The molecule has 118 valence electrons. The quantitative estimate of drug-likeness (QED) is 0.826. The predicted octanol–water partition coefficient (Wildman–Crippen LogP) is 2.65. The number of hydrogen-bond acceptors (Lipinski definition) is 2. The molecule has 4 nitrogen and oxygen atoms in total. The van der Waals surface area contributed by atoms with Crippen LogP contribution < -0.4 is 5.32 Å².